The Kier molecular flexibility index (Phi) is 5.52. The third kappa shape index (κ3) is 4.59. The summed E-state index contributed by atoms with van der Waals surface area (Å²) in [5.74, 6) is -0.0386. The molecule has 1 atom stereocenters. The average Bonchev–Trinajstić information content (AvgIpc) is 2.90. The van der Waals surface area contributed by atoms with Gasteiger partial charge in [0.25, 0.3) is 0 Å². The maximum absolute atomic E-state index is 11.7. The van der Waals surface area contributed by atoms with Gasteiger partial charge in [0.05, 0.1) is 10.9 Å². The number of pyridine rings is 1. The van der Waals surface area contributed by atoms with Crippen molar-refractivity contribution in [1.29, 1.82) is 0 Å². The molecule has 0 unspecified atom stereocenters. The first-order valence-electron chi connectivity index (χ1n) is 6.29. The highest BCUT2D eigenvalue weighted by Crippen LogP contribution is 2.26. The van der Waals surface area contributed by atoms with Crippen molar-refractivity contribution in [3.63, 3.8) is 0 Å². The summed E-state index contributed by atoms with van der Waals surface area (Å²) in [6, 6.07) is 7.72. The van der Waals surface area contributed by atoms with Crippen molar-refractivity contribution < 1.29 is 4.79 Å². The zero-order valence-corrected chi connectivity index (χ0v) is 12.7. The van der Waals surface area contributed by atoms with Gasteiger partial charge in [-0.05, 0) is 30.7 Å². The van der Waals surface area contributed by atoms with Gasteiger partial charge in [0, 0.05) is 29.9 Å². The van der Waals surface area contributed by atoms with E-state index in [1.54, 1.807) is 12.4 Å². The Morgan fingerprint density at radius 1 is 1.45 bits per heavy atom. The lowest BCUT2D eigenvalue weighted by atomic mass is 10.2. The van der Waals surface area contributed by atoms with Gasteiger partial charge in [0.1, 0.15) is 0 Å². The molecule has 0 saturated carbocycles. The van der Waals surface area contributed by atoms with Gasteiger partial charge in [-0.3, -0.25) is 9.78 Å². The van der Waals surface area contributed by atoms with Crippen molar-refractivity contribution in [1.82, 2.24) is 15.6 Å². The van der Waals surface area contributed by atoms with Crippen LogP contribution in [0.4, 0.5) is 0 Å². The molecule has 0 radical (unpaired) electrons. The first-order valence-corrected chi connectivity index (χ1v) is 7.49. The Bertz CT molecular complexity index is 559. The molecule has 2 heterocycles. The van der Waals surface area contributed by atoms with E-state index in [9.17, 15) is 4.79 Å². The van der Waals surface area contributed by atoms with E-state index in [1.807, 2.05) is 31.2 Å². The van der Waals surface area contributed by atoms with Crippen LogP contribution in [0.2, 0.25) is 4.34 Å². The molecule has 0 aliphatic rings. The first kappa shape index (κ1) is 15.0. The summed E-state index contributed by atoms with van der Waals surface area (Å²) >= 11 is 7.41. The van der Waals surface area contributed by atoms with Crippen molar-refractivity contribution in [2.45, 2.75) is 19.5 Å². The SMILES string of the molecule is C[C@@H](NCC(=O)NCc1cccnc1)c1ccc(Cl)s1. The van der Waals surface area contributed by atoms with Crippen LogP contribution >= 0.6 is 22.9 Å². The van der Waals surface area contributed by atoms with Gasteiger partial charge in [-0.25, -0.2) is 0 Å². The van der Waals surface area contributed by atoms with Crippen LogP contribution in [0.5, 0.6) is 0 Å². The van der Waals surface area contributed by atoms with Crippen LogP contribution in [0.1, 0.15) is 23.4 Å². The maximum Gasteiger partial charge on any atom is 0.234 e. The molecule has 0 aliphatic heterocycles. The molecular weight excluding hydrogens is 294 g/mol. The van der Waals surface area contributed by atoms with Crippen molar-refractivity contribution in [3.8, 4) is 0 Å². The number of halogens is 1. The van der Waals surface area contributed by atoms with Gasteiger partial charge in [-0.15, -0.1) is 11.3 Å². The number of nitrogens with one attached hydrogen (secondary N) is 2. The standard InChI is InChI=1S/C14H16ClN3OS/c1-10(12-4-5-13(15)20-12)17-9-14(19)18-8-11-3-2-6-16-7-11/h2-7,10,17H,8-9H2,1H3,(H,18,19)/t10-/m1/s1. The summed E-state index contributed by atoms with van der Waals surface area (Å²) < 4.78 is 0.759. The summed E-state index contributed by atoms with van der Waals surface area (Å²) in [6.07, 6.45) is 3.45. The number of rotatable bonds is 6. The molecule has 0 aliphatic carbocycles. The molecule has 0 aromatic carbocycles. The van der Waals surface area contributed by atoms with Gasteiger partial charge in [0.2, 0.25) is 5.91 Å². The lowest BCUT2D eigenvalue weighted by Crippen LogP contribution is -2.34. The van der Waals surface area contributed by atoms with Crippen LogP contribution in [-0.4, -0.2) is 17.4 Å². The highest BCUT2D eigenvalue weighted by molar-refractivity contribution is 7.16. The number of thiophene rings is 1. The minimum absolute atomic E-state index is 0.0386. The van der Waals surface area contributed by atoms with E-state index in [-0.39, 0.29) is 18.5 Å². The van der Waals surface area contributed by atoms with E-state index >= 15 is 0 Å². The molecule has 0 saturated heterocycles. The maximum atomic E-state index is 11.7. The van der Waals surface area contributed by atoms with Crippen LogP contribution in [-0.2, 0) is 11.3 Å². The fourth-order valence-electron chi connectivity index (χ4n) is 1.67. The number of nitrogens with zero attached hydrogens (tertiary/aromatic N) is 1. The normalized spacial score (nSPS) is 12.1. The summed E-state index contributed by atoms with van der Waals surface area (Å²) in [6.45, 7) is 2.78. The molecule has 2 aromatic heterocycles. The summed E-state index contributed by atoms with van der Waals surface area (Å²) in [4.78, 5) is 16.9. The summed E-state index contributed by atoms with van der Waals surface area (Å²) in [5.41, 5.74) is 0.985. The van der Waals surface area contributed by atoms with Crippen molar-refractivity contribution >= 4 is 28.8 Å². The van der Waals surface area contributed by atoms with Crippen LogP contribution in [0.3, 0.4) is 0 Å². The van der Waals surface area contributed by atoms with E-state index in [0.29, 0.717) is 6.54 Å². The van der Waals surface area contributed by atoms with Crippen LogP contribution in [0.25, 0.3) is 0 Å². The van der Waals surface area contributed by atoms with Crippen LogP contribution in [0, 0.1) is 0 Å². The zero-order valence-electron chi connectivity index (χ0n) is 11.1. The van der Waals surface area contributed by atoms with E-state index in [2.05, 4.69) is 15.6 Å². The zero-order chi connectivity index (χ0) is 14.4. The molecule has 2 N–H and O–H groups in total. The fraction of sp³-hybridized carbons (Fsp3) is 0.286. The molecule has 4 nitrogen and oxygen atoms in total. The smallest absolute Gasteiger partial charge is 0.234 e. The summed E-state index contributed by atoms with van der Waals surface area (Å²) in [5, 5.41) is 6.02. The Labute approximate surface area is 127 Å². The molecule has 0 fully saturated rings. The predicted molar refractivity (Wildman–Crippen MR) is 81.8 cm³/mol. The van der Waals surface area contributed by atoms with Gasteiger partial charge in [-0.1, -0.05) is 17.7 Å². The number of hydrogen-bond acceptors (Lipinski definition) is 4. The highest BCUT2D eigenvalue weighted by Gasteiger charge is 2.09. The summed E-state index contributed by atoms with van der Waals surface area (Å²) in [7, 11) is 0. The molecular formula is C14H16ClN3OS. The number of amides is 1. The van der Waals surface area contributed by atoms with Gasteiger partial charge in [0.15, 0.2) is 0 Å². The number of aromatic nitrogens is 1. The lowest BCUT2D eigenvalue weighted by molar-refractivity contribution is -0.120. The Morgan fingerprint density at radius 2 is 2.30 bits per heavy atom. The second-order valence-electron chi connectivity index (χ2n) is 4.38. The molecule has 6 heteroatoms. The second-order valence-corrected chi connectivity index (χ2v) is 6.13. The van der Waals surface area contributed by atoms with Gasteiger partial charge < -0.3 is 10.6 Å². The highest BCUT2D eigenvalue weighted by atomic mass is 35.5. The molecule has 0 spiro atoms. The molecule has 0 bridgehead atoms. The van der Waals surface area contributed by atoms with Crippen molar-refractivity contribution in [3.05, 3.63) is 51.4 Å². The second kappa shape index (κ2) is 7.38. The quantitative estimate of drug-likeness (QED) is 0.862. The fourth-order valence-corrected chi connectivity index (χ4v) is 2.76. The molecule has 2 aromatic rings. The molecule has 1 amide bonds. The molecule has 20 heavy (non-hydrogen) atoms. The number of hydrogen-bond donors (Lipinski definition) is 2. The Balaban J connectivity index is 1.72. The minimum Gasteiger partial charge on any atom is -0.351 e. The molecule has 106 valence electrons. The van der Waals surface area contributed by atoms with Crippen LogP contribution in [0.15, 0.2) is 36.7 Å². The molecule has 2 rings (SSSR count). The topological polar surface area (TPSA) is 54.0 Å². The largest absolute Gasteiger partial charge is 0.351 e. The van der Waals surface area contributed by atoms with E-state index in [0.717, 1.165) is 14.8 Å². The lowest BCUT2D eigenvalue weighted by Gasteiger charge is -2.12. The predicted octanol–water partition coefficient (Wildman–Crippen LogP) is 2.76. The first-order chi connectivity index (χ1) is 9.65. The number of carbonyl (C=O) groups is 1. The Hall–Kier alpha value is -1.43. The third-order valence-corrected chi connectivity index (χ3v) is 4.22. The van der Waals surface area contributed by atoms with Gasteiger partial charge in [-0.2, -0.15) is 0 Å². The number of carbonyl (C=O) groups excluding carboxylic acids is 1. The van der Waals surface area contributed by atoms with E-state index in [1.165, 1.54) is 11.3 Å². The monoisotopic (exact) mass is 309 g/mol. The van der Waals surface area contributed by atoms with Crippen molar-refractivity contribution in [2.75, 3.05) is 6.54 Å². The van der Waals surface area contributed by atoms with Crippen LogP contribution < -0.4 is 10.6 Å². The van der Waals surface area contributed by atoms with Crippen molar-refractivity contribution in [2.24, 2.45) is 0 Å². The van der Waals surface area contributed by atoms with Gasteiger partial charge >= 0.3 is 0 Å². The average molecular weight is 310 g/mol. The minimum atomic E-state index is -0.0386. The van der Waals surface area contributed by atoms with E-state index < -0.39 is 0 Å². The van der Waals surface area contributed by atoms with E-state index in [4.69, 9.17) is 11.6 Å². The Morgan fingerprint density at radius 3 is 2.95 bits per heavy atom. The third-order valence-electron chi connectivity index (χ3n) is 2.80.